The zero-order valence-electron chi connectivity index (χ0n) is 6.80. The van der Waals surface area contributed by atoms with Gasteiger partial charge in [-0.15, -0.1) is 0 Å². The Morgan fingerprint density at radius 2 is 2.20 bits per heavy atom. The predicted molar refractivity (Wildman–Crippen MR) is 41.9 cm³/mol. The van der Waals surface area contributed by atoms with Gasteiger partial charge in [-0.2, -0.15) is 0 Å². The minimum atomic E-state index is -0.150. The summed E-state index contributed by atoms with van der Waals surface area (Å²) in [6.45, 7) is 5.20. The lowest BCUT2D eigenvalue weighted by molar-refractivity contribution is 0.0906. The van der Waals surface area contributed by atoms with Crippen molar-refractivity contribution in [1.82, 2.24) is 5.32 Å². The van der Waals surface area contributed by atoms with Crippen LogP contribution in [0.4, 0.5) is 0 Å². The van der Waals surface area contributed by atoms with E-state index in [1.165, 1.54) is 6.42 Å². The molecule has 2 N–H and O–H groups in total. The van der Waals surface area contributed by atoms with Gasteiger partial charge in [0.05, 0.1) is 6.10 Å². The van der Waals surface area contributed by atoms with Crippen molar-refractivity contribution < 1.29 is 5.11 Å². The summed E-state index contributed by atoms with van der Waals surface area (Å²) in [6, 6.07) is 0.361. The minimum Gasteiger partial charge on any atom is -0.391 e. The van der Waals surface area contributed by atoms with Gasteiger partial charge >= 0.3 is 0 Å². The first-order valence-corrected chi connectivity index (χ1v) is 4.13. The second-order valence-electron chi connectivity index (χ2n) is 3.44. The van der Waals surface area contributed by atoms with E-state index in [9.17, 15) is 5.11 Å². The third-order valence-corrected chi connectivity index (χ3v) is 2.19. The van der Waals surface area contributed by atoms with E-state index in [1.54, 1.807) is 0 Å². The quantitative estimate of drug-likeness (QED) is 0.598. The van der Waals surface area contributed by atoms with Crippen LogP contribution in [0, 0.1) is 5.92 Å². The average molecular weight is 143 g/mol. The highest BCUT2D eigenvalue weighted by Gasteiger charge is 2.24. The Balaban J connectivity index is 2.32. The number of nitrogens with one attached hydrogen (secondary N) is 1. The monoisotopic (exact) mass is 143 g/mol. The van der Waals surface area contributed by atoms with Crippen LogP contribution in [0.25, 0.3) is 0 Å². The van der Waals surface area contributed by atoms with E-state index >= 15 is 0 Å². The molecule has 1 saturated heterocycles. The Kier molecular flexibility index (Phi) is 2.69. The first-order valence-electron chi connectivity index (χ1n) is 4.13. The average Bonchev–Trinajstić information content (AvgIpc) is 2.36. The fourth-order valence-electron chi connectivity index (χ4n) is 1.47. The summed E-state index contributed by atoms with van der Waals surface area (Å²) in [5.41, 5.74) is 0. The van der Waals surface area contributed by atoms with Crippen molar-refractivity contribution in [2.24, 2.45) is 5.92 Å². The Labute approximate surface area is 62.6 Å². The molecule has 0 aromatic heterocycles. The second-order valence-corrected chi connectivity index (χ2v) is 3.44. The molecule has 1 rings (SSSR count). The Morgan fingerprint density at radius 3 is 2.60 bits per heavy atom. The molecule has 10 heavy (non-hydrogen) atoms. The van der Waals surface area contributed by atoms with E-state index in [0.29, 0.717) is 12.0 Å². The first kappa shape index (κ1) is 8.02. The topological polar surface area (TPSA) is 32.3 Å². The number of hydrogen-bond donors (Lipinski definition) is 2. The molecule has 2 atom stereocenters. The lowest BCUT2D eigenvalue weighted by atomic mass is 9.99. The normalized spacial score (nSPS) is 29.4. The van der Waals surface area contributed by atoms with Gasteiger partial charge in [0.15, 0.2) is 0 Å². The molecule has 0 bridgehead atoms. The summed E-state index contributed by atoms with van der Waals surface area (Å²) >= 11 is 0. The molecule has 0 saturated carbocycles. The molecule has 0 radical (unpaired) electrons. The number of hydrogen-bond acceptors (Lipinski definition) is 2. The van der Waals surface area contributed by atoms with E-state index in [-0.39, 0.29) is 6.10 Å². The van der Waals surface area contributed by atoms with Gasteiger partial charge < -0.3 is 10.4 Å². The van der Waals surface area contributed by atoms with E-state index < -0.39 is 0 Å². The van der Waals surface area contributed by atoms with Crippen molar-refractivity contribution in [3.8, 4) is 0 Å². The third kappa shape index (κ3) is 1.70. The highest BCUT2D eigenvalue weighted by Crippen LogP contribution is 2.14. The molecule has 2 nitrogen and oxygen atoms in total. The molecule has 1 aliphatic heterocycles. The van der Waals surface area contributed by atoms with Crippen LogP contribution in [0.15, 0.2) is 0 Å². The van der Waals surface area contributed by atoms with Gasteiger partial charge in [-0.25, -0.2) is 0 Å². The standard InChI is InChI=1S/C8H17NO/c1-6(2)8(10)7-4-3-5-9-7/h6-10H,3-5H2,1-2H3/t7-,8?/m0/s1. The van der Waals surface area contributed by atoms with Crippen LogP contribution in [0.1, 0.15) is 26.7 Å². The summed E-state index contributed by atoms with van der Waals surface area (Å²) in [5.74, 6) is 0.385. The number of aliphatic hydroxyl groups is 1. The van der Waals surface area contributed by atoms with E-state index in [1.807, 2.05) is 0 Å². The fourth-order valence-corrected chi connectivity index (χ4v) is 1.47. The predicted octanol–water partition coefficient (Wildman–Crippen LogP) is 0.755. The zero-order chi connectivity index (χ0) is 7.56. The number of aliphatic hydroxyl groups excluding tert-OH is 1. The maximum Gasteiger partial charge on any atom is 0.0716 e. The summed E-state index contributed by atoms with van der Waals surface area (Å²) in [5, 5.41) is 12.9. The number of rotatable bonds is 2. The molecule has 1 heterocycles. The molecule has 0 aromatic carbocycles. The Bertz CT molecular complexity index is 97.4. The van der Waals surface area contributed by atoms with Gasteiger partial charge in [0.2, 0.25) is 0 Å². The molecule has 0 spiro atoms. The largest absolute Gasteiger partial charge is 0.391 e. The second kappa shape index (κ2) is 3.35. The lowest BCUT2D eigenvalue weighted by Gasteiger charge is -2.21. The summed E-state index contributed by atoms with van der Waals surface area (Å²) in [4.78, 5) is 0. The van der Waals surface area contributed by atoms with Crippen LogP contribution in [-0.2, 0) is 0 Å². The van der Waals surface area contributed by atoms with Crippen LogP contribution in [0.3, 0.4) is 0 Å². The van der Waals surface area contributed by atoms with Crippen molar-refractivity contribution in [3.05, 3.63) is 0 Å². The van der Waals surface area contributed by atoms with Crippen molar-refractivity contribution >= 4 is 0 Å². The molecule has 60 valence electrons. The minimum absolute atomic E-state index is 0.150. The molecular formula is C8H17NO. The van der Waals surface area contributed by atoms with Gasteiger partial charge in [0.25, 0.3) is 0 Å². The van der Waals surface area contributed by atoms with Gasteiger partial charge in [-0.05, 0) is 25.3 Å². The van der Waals surface area contributed by atoms with Crippen molar-refractivity contribution in [1.29, 1.82) is 0 Å². The molecular weight excluding hydrogens is 126 g/mol. The molecule has 1 unspecified atom stereocenters. The van der Waals surface area contributed by atoms with Crippen molar-refractivity contribution in [3.63, 3.8) is 0 Å². The van der Waals surface area contributed by atoms with Gasteiger partial charge in [-0.3, -0.25) is 0 Å². The van der Waals surface area contributed by atoms with Gasteiger partial charge in [0.1, 0.15) is 0 Å². The summed E-state index contributed by atoms with van der Waals surface area (Å²) in [7, 11) is 0. The molecule has 0 aromatic rings. The highest BCUT2D eigenvalue weighted by molar-refractivity contribution is 4.82. The van der Waals surface area contributed by atoms with Crippen molar-refractivity contribution in [2.75, 3.05) is 6.54 Å². The molecule has 1 fully saturated rings. The molecule has 0 amide bonds. The van der Waals surface area contributed by atoms with Crippen LogP contribution in [0.2, 0.25) is 0 Å². The van der Waals surface area contributed by atoms with E-state index in [0.717, 1.165) is 13.0 Å². The summed E-state index contributed by atoms with van der Waals surface area (Å²) in [6.07, 6.45) is 2.20. The van der Waals surface area contributed by atoms with Crippen LogP contribution in [0.5, 0.6) is 0 Å². The smallest absolute Gasteiger partial charge is 0.0716 e. The maximum atomic E-state index is 9.56. The van der Waals surface area contributed by atoms with Crippen LogP contribution >= 0.6 is 0 Å². The fraction of sp³-hybridized carbons (Fsp3) is 1.00. The highest BCUT2D eigenvalue weighted by atomic mass is 16.3. The van der Waals surface area contributed by atoms with Crippen LogP contribution in [-0.4, -0.2) is 23.8 Å². The Hall–Kier alpha value is -0.0800. The maximum absolute atomic E-state index is 9.56. The van der Waals surface area contributed by atoms with Gasteiger partial charge in [0, 0.05) is 6.04 Å². The molecule has 1 aliphatic rings. The molecule has 0 aliphatic carbocycles. The Morgan fingerprint density at radius 1 is 1.50 bits per heavy atom. The van der Waals surface area contributed by atoms with Crippen LogP contribution < -0.4 is 5.32 Å². The summed E-state index contributed by atoms with van der Waals surface area (Å²) < 4.78 is 0. The SMILES string of the molecule is CC(C)C(O)[C@@H]1CCCN1. The zero-order valence-corrected chi connectivity index (χ0v) is 6.80. The van der Waals surface area contributed by atoms with E-state index in [4.69, 9.17) is 0 Å². The first-order chi connectivity index (χ1) is 4.72. The third-order valence-electron chi connectivity index (χ3n) is 2.19. The lowest BCUT2D eigenvalue weighted by Crippen LogP contribution is -2.37. The van der Waals surface area contributed by atoms with Crippen molar-refractivity contribution in [2.45, 2.75) is 38.8 Å². The van der Waals surface area contributed by atoms with Gasteiger partial charge in [-0.1, -0.05) is 13.8 Å². The molecule has 2 heteroatoms. The van der Waals surface area contributed by atoms with E-state index in [2.05, 4.69) is 19.2 Å².